The normalized spacial score (nSPS) is 25.7. The van der Waals surface area contributed by atoms with E-state index >= 15 is 0 Å². The number of ether oxygens (including phenoxy) is 2. The first kappa shape index (κ1) is 24.8. The van der Waals surface area contributed by atoms with Crippen LogP contribution in [0.1, 0.15) is 36.8 Å². The predicted octanol–water partition coefficient (Wildman–Crippen LogP) is 3.73. The van der Waals surface area contributed by atoms with Crippen LogP contribution < -0.4 is 20.1 Å². The SMILES string of the molecule is O=C(NC1CN2CCC1CC2)C(Cc1ccc2c(c1)OCCO2)NC(=O)C1(c2ccc(Cl)cc2Cl)CC1. The van der Waals surface area contributed by atoms with E-state index in [1.54, 1.807) is 12.1 Å². The summed E-state index contributed by atoms with van der Waals surface area (Å²) in [5.74, 6) is 1.52. The molecule has 2 atom stereocenters. The fraction of sp³-hybridized carbons (Fsp3) is 0.500. The van der Waals surface area contributed by atoms with E-state index in [0.29, 0.717) is 59.9 Å². The zero-order valence-corrected chi connectivity index (χ0v) is 22.1. The minimum absolute atomic E-state index is 0.107. The van der Waals surface area contributed by atoms with Crippen LogP contribution >= 0.6 is 23.2 Å². The number of rotatable bonds is 7. The summed E-state index contributed by atoms with van der Waals surface area (Å²) in [4.78, 5) is 29.8. The van der Waals surface area contributed by atoms with Crippen LogP contribution in [0.4, 0.5) is 0 Å². The van der Waals surface area contributed by atoms with E-state index in [1.165, 1.54) is 0 Å². The van der Waals surface area contributed by atoms with Crippen molar-refractivity contribution in [3.8, 4) is 11.5 Å². The maximum absolute atomic E-state index is 13.7. The van der Waals surface area contributed by atoms with Crippen molar-refractivity contribution >= 4 is 35.0 Å². The van der Waals surface area contributed by atoms with Gasteiger partial charge in [-0.3, -0.25) is 9.59 Å². The van der Waals surface area contributed by atoms with E-state index in [4.69, 9.17) is 32.7 Å². The van der Waals surface area contributed by atoms with Crippen molar-refractivity contribution < 1.29 is 19.1 Å². The Labute approximate surface area is 226 Å². The topological polar surface area (TPSA) is 79.9 Å². The zero-order chi connectivity index (χ0) is 25.6. The molecule has 7 nitrogen and oxygen atoms in total. The molecular weight excluding hydrogens is 513 g/mol. The third kappa shape index (κ3) is 5.01. The number of fused-ring (bicyclic) bond motifs is 4. The molecule has 0 aromatic heterocycles. The van der Waals surface area contributed by atoms with Gasteiger partial charge in [-0.2, -0.15) is 0 Å². The fourth-order valence-electron chi connectivity index (χ4n) is 5.99. The quantitative estimate of drug-likeness (QED) is 0.556. The Balaban J connectivity index is 1.23. The molecule has 4 fully saturated rings. The molecule has 0 spiro atoms. The number of nitrogens with zero attached hydrogens (tertiary/aromatic N) is 1. The van der Waals surface area contributed by atoms with Crippen LogP contribution in [0, 0.1) is 5.92 Å². The van der Waals surface area contributed by atoms with Crippen molar-refractivity contribution in [3.63, 3.8) is 0 Å². The highest BCUT2D eigenvalue weighted by Crippen LogP contribution is 2.51. The molecule has 2 unspecified atom stereocenters. The highest BCUT2D eigenvalue weighted by atomic mass is 35.5. The average molecular weight is 544 g/mol. The van der Waals surface area contributed by atoms with Crippen molar-refractivity contribution in [2.45, 2.75) is 49.6 Å². The van der Waals surface area contributed by atoms with Crippen LogP contribution in [0.2, 0.25) is 10.0 Å². The Morgan fingerprint density at radius 3 is 2.46 bits per heavy atom. The molecule has 37 heavy (non-hydrogen) atoms. The monoisotopic (exact) mass is 543 g/mol. The Bertz CT molecular complexity index is 1210. The lowest BCUT2D eigenvalue weighted by molar-refractivity contribution is -0.131. The molecule has 1 saturated carbocycles. The Hall–Kier alpha value is -2.48. The summed E-state index contributed by atoms with van der Waals surface area (Å²) >= 11 is 12.6. The number of hydrogen-bond donors (Lipinski definition) is 2. The van der Waals surface area contributed by atoms with Crippen molar-refractivity contribution in [2.24, 2.45) is 5.92 Å². The number of amides is 2. The minimum atomic E-state index is -0.734. The van der Waals surface area contributed by atoms with E-state index in [0.717, 1.165) is 43.6 Å². The van der Waals surface area contributed by atoms with Crippen LogP contribution in [0.25, 0.3) is 0 Å². The summed E-state index contributed by atoms with van der Waals surface area (Å²) in [6.45, 7) is 4.06. The van der Waals surface area contributed by atoms with Gasteiger partial charge < -0.3 is 25.0 Å². The van der Waals surface area contributed by atoms with Gasteiger partial charge in [0.1, 0.15) is 19.3 Å². The number of halogens is 2. The molecule has 9 heteroatoms. The third-order valence-electron chi connectivity index (χ3n) is 8.28. The first-order valence-corrected chi connectivity index (χ1v) is 13.8. The second kappa shape index (κ2) is 10.0. The van der Waals surface area contributed by atoms with Gasteiger partial charge in [-0.25, -0.2) is 0 Å². The molecule has 4 aliphatic heterocycles. The van der Waals surface area contributed by atoms with E-state index < -0.39 is 11.5 Å². The van der Waals surface area contributed by atoms with Gasteiger partial charge in [0.2, 0.25) is 11.8 Å². The minimum Gasteiger partial charge on any atom is -0.486 e. The summed E-state index contributed by atoms with van der Waals surface area (Å²) in [7, 11) is 0. The number of piperidine rings is 3. The van der Waals surface area contributed by atoms with Gasteiger partial charge in [0, 0.05) is 29.1 Å². The lowest BCUT2D eigenvalue weighted by Crippen LogP contribution is -2.60. The van der Waals surface area contributed by atoms with Crippen LogP contribution in [0.5, 0.6) is 11.5 Å². The van der Waals surface area contributed by atoms with Crippen molar-refractivity contribution in [1.29, 1.82) is 0 Å². The maximum atomic E-state index is 13.7. The molecule has 196 valence electrons. The molecule has 7 rings (SSSR count). The molecule has 4 heterocycles. The second-order valence-electron chi connectivity index (χ2n) is 10.7. The number of benzene rings is 2. The zero-order valence-electron chi connectivity index (χ0n) is 20.6. The standard InChI is InChI=1S/C28H31Cl2N3O4/c29-19-2-3-20(21(30)15-19)28(7-8-28)27(35)32-22(13-17-1-4-24-25(14-17)37-12-11-36-24)26(34)31-23-16-33-9-5-18(23)6-10-33/h1-4,14-15,18,22-23H,5-13,16H2,(H,31,34)(H,32,35). The molecule has 5 aliphatic rings. The van der Waals surface area contributed by atoms with Crippen molar-refractivity contribution in [3.05, 3.63) is 57.6 Å². The first-order valence-electron chi connectivity index (χ1n) is 13.1. The van der Waals surface area contributed by atoms with Gasteiger partial charge in [0.15, 0.2) is 11.5 Å². The van der Waals surface area contributed by atoms with Gasteiger partial charge in [0.05, 0.1) is 5.41 Å². The summed E-state index contributed by atoms with van der Waals surface area (Å²) < 4.78 is 11.4. The molecule has 2 bridgehead atoms. The van der Waals surface area contributed by atoms with E-state index in [1.807, 2.05) is 24.3 Å². The van der Waals surface area contributed by atoms with Gasteiger partial charge in [-0.1, -0.05) is 35.3 Å². The molecular formula is C28H31Cl2N3O4. The van der Waals surface area contributed by atoms with E-state index in [-0.39, 0.29) is 17.9 Å². The van der Waals surface area contributed by atoms with Crippen molar-refractivity contribution in [2.75, 3.05) is 32.8 Å². The van der Waals surface area contributed by atoms with Crippen LogP contribution in [0.15, 0.2) is 36.4 Å². The molecule has 2 amide bonds. The summed E-state index contributed by atoms with van der Waals surface area (Å²) in [6, 6.07) is 10.3. The lowest BCUT2D eigenvalue weighted by atomic mass is 9.84. The molecule has 0 radical (unpaired) electrons. The van der Waals surface area contributed by atoms with Gasteiger partial charge in [-0.05, 0) is 80.1 Å². The maximum Gasteiger partial charge on any atom is 0.243 e. The molecule has 2 aromatic carbocycles. The Morgan fingerprint density at radius 1 is 1.03 bits per heavy atom. The first-order chi connectivity index (χ1) is 17.9. The average Bonchev–Trinajstić information content (AvgIpc) is 3.71. The number of carbonyl (C=O) groups excluding carboxylic acids is 2. The molecule has 2 N–H and O–H groups in total. The fourth-order valence-corrected chi connectivity index (χ4v) is 6.58. The molecule has 3 saturated heterocycles. The molecule has 2 aromatic rings. The van der Waals surface area contributed by atoms with Gasteiger partial charge in [-0.15, -0.1) is 0 Å². The van der Waals surface area contributed by atoms with Crippen molar-refractivity contribution in [1.82, 2.24) is 15.5 Å². The highest BCUT2D eigenvalue weighted by Gasteiger charge is 2.53. The van der Waals surface area contributed by atoms with Crippen LogP contribution in [-0.4, -0.2) is 61.6 Å². The van der Waals surface area contributed by atoms with E-state index in [2.05, 4.69) is 15.5 Å². The number of carbonyl (C=O) groups is 2. The summed E-state index contributed by atoms with van der Waals surface area (Å²) in [6.07, 6.45) is 3.90. The molecule has 1 aliphatic carbocycles. The van der Waals surface area contributed by atoms with Crippen LogP contribution in [0.3, 0.4) is 0 Å². The highest BCUT2D eigenvalue weighted by molar-refractivity contribution is 6.35. The smallest absolute Gasteiger partial charge is 0.243 e. The summed E-state index contributed by atoms with van der Waals surface area (Å²) in [5, 5.41) is 7.37. The van der Waals surface area contributed by atoms with Gasteiger partial charge in [0.25, 0.3) is 0 Å². The second-order valence-corrected chi connectivity index (χ2v) is 11.5. The predicted molar refractivity (Wildman–Crippen MR) is 142 cm³/mol. The largest absolute Gasteiger partial charge is 0.486 e. The van der Waals surface area contributed by atoms with E-state index in [9.17, 15) is 9.59 Å². The van der Waals surface area contributed by atoms with Gasteiger partial charge >= 0.3 is 0 Å². The summed E-state index contributed by atoms with van der Waals surface area (Å²) in [5.41, 5.74) is 0.919. The Morgan fingerprint density at radius 2 is 1.78 bits per heavy atom. The lowest BCUT2D eigenvalue weighted by Gasteiger charge is -2.45. The van der Waals surface area contributed by atoms with Crippen LogP contribution in [-0.2, 0) is 21.4 Å². The Kier molecular flexibility index (Phi) is 6.72. The number of nitrogens with one attached hydrogen (secondary N) is 2. The third-order valence-corrected chi connectivity index (χ3v) is 8.83. The number of hydrogen-bond acceptors (Lipinski definition) is 5.